The van der Waals surface area contributed by atoms with Gasteiger partial charge in [-0.25, -0.2) is 4.79 Å². The Morgan fingerprint density at radius 3 is 2.86 bits per heavy atom. The predicted molar refractivity (Wildman–Crippen MR) is 86.3 cm³/mol. The molecule has 1 aromatic rings. The van der Waals surface area contributed by atoms with E-state index >= 15 is 0 Å². The van der Waals surface area contributed by atoms with Gasteiger partial charge in [-0.15, -0.1) is 12.4 Å². The normalized spacial score (nSPS) is 22.0. The number of rotatable bonds is 3. The number of amides is 2. The molecule has 1 aromatic carbocycles. The van der Waals surface area contributed by atoms with Gasteiger partial charge >= 0.3 is 6.03 Å². The standard InChI is InChI=1S/C13H17Cl2N3O2.ClH/c14-10-2-1-8(5-11(10)15)12-9(7-18-13(16)19)6-17-3-4-20-12;/h1-2,5,9,12,17H,3-4,6-7H2,(H3,16,18,19);1H. The quantitative estimate of drug-likeness (QED) is 0.780. The minimum absolute atomic E-state index is 0. The third-order valence-electron chi connectivity index (χ3n) is 3.22. The molecule has 2 atom stereocenters. The number of nitrogens with one attached hydrogen (secondary N) is 2. The zero-order valence-electron chi connectivity index (χ0n) is 11.3. The molecule has 5 nitrogen and oxygen atoms in total. The molecule has 0 aliphatic carbocycles. The summed E-state index contributed by atoms with van der Waals surface area (Å²) in [6, 6.07) is 4.90. The highest BCUT2D eigenvalue weighted by atomic mass is 35.5. The summed E-state index contributed by atoms with van der Waals surface area (Å²) in [5.74, 6) is 0.0715. The Kier molecular flexibility index (Phi) is 7.56. The van der Waals surface area contributed by atoms with Crippen molar-refractivity contribution in [2.24, 2.45) is 11.7 Å². The van der Waals surface area contributed by atoms with Crippen molar-refractivity contribution in [1.29, 1.82) is 0 Å². The third kappa shape index (κ3) is 5.20. The van der Waals surface area contributed by atoms with Gasteiger partial charge in [-0.2, -0.15) is 0 Å². The zero-order valence-corrected chi connectivity index (χ0v) is 13.6. The monoisotopic (exact) mass is 353 g/mol. The Labute approximate surface area is 139 Å². The summed E-state index contributed by atoms with van der Waals surface area (Å²) in [5, 5.41) is 6.90. The molecule has 2 rings (SSSR count). The fourth-order valence-corrected chi connectivity index (χ4v) is 2.56. The number of carbonyl (C=O) groups excluding carboxylic acids is 1. The van der Waals surface area contributed by atoms with Crippen molar-refractivity contribution in [3.63, 3.8) is 0 Å². The summed E-state index contributed by atoms with van der Waals surface area (Å²) in [7, 11) is 0. The molecule has 0 saturated carbocycles. The van der Waals surface area contributed by atoms with Gasteiger partial charge in [0, 0.05) is 25.6 Å². The second kappa shape index (κ2) is 8.66. The van der Waals surface area contributed by atoms with Crippen LogP contribution in [0.4, 0.5) is 4.79 Å². The Hall–Kier alpha value is -0.720. The lowest BCUT2D eigenvalue weighted by Gasteiger charge is -2.25. The Morgan fingerprint density at radius 1 is 1.43 bits per heavy atom. The number of halogens is 3. The van der Waals surface area contributed by atoms with Crippen LogP contribution in [-0.2, 0) is 4.74 Å². The zero-order chi connectivity index (χ0) is 14.5. The van der Waals surface area contributed by atoms with Crippen LogP contribution in [0.2, 0.25) is 10.0 Å². The first kappa shape index (κ1) is 18.3. The van der Waals surface area contributed by atoms with Gasteiger partial charge in [0.25, 0.3) is 0 Å². The third-order valence-corrected chi connectivity index (χ3v) is 3.96. The SMILES string of the molecule is Cl.NC(=O)NCC1CNCCOC1c1ccc(Cl)c(Cl)c1. The maximum absolute atomic E-state index is 10.9. The Morgan fingerprint density at radius 2 is 2.19 bits per heavy atom. The molecule has 0 bridgehead atoms. The summed E-state index contributed by atoms with van der Waals surface area (Å²) in [5.41, 5.74) is 6.07. The minimum Gasteiger partial charge on any atom is -0.372 e. The van der Waals surface area contributed by atoms with E-state index in [4.69, 9.17) is 33.7 Å². The van der Waals surface area contributed by atoms with E-state index in [1.54, 1.807) is 12.1 Å². The van der Waals surface area contributed by atoms with Gasteiger partial charge in [-0.1, -0.05) is 29.3 Å². The molecule has 0 spiro atoms. The number of benzene rings is 1. The fourth-order valence-electron chi connectivity index (χ4n) is 2.26. The Bertz CT molecular complexity index is 488. The van der Waals surface area contributed by atoms with Gasteiger partial charge in [-0.05, 0) is 17.7 Å². The molecule has 21 heavy (non-hydrogen) atoms. The van der Waals surface area contributed by atoms with E-state index in [0.717, 1.165) is 18.7 Å². The predicted octanol–water partition coefficient (Wildman–Crippen LogP) is 2.36. The van der Waals surface area contributed by atoms with E-state index < -0.39 is 6.03 Å². The van der Waals surface area contributed by atoms with Gasteiger partial charge in [0.05, 0.1) is 22.8 Å². The van der Waals surface area contributed by atoms with Crippen LogP contribution in [0.3, 0.4) is 0 Å². The smallest absolute Gasteiger partial charge is 0.312 e. The molecule has 1 fully saturated rings. The molecule has 2 unspecified atom stereocenters. The topological polar surface area (TPSA) is 76.4 Å². The molecule has 1 aliphatic rings. The number of nitrogens with two attached hydrogens (primary N) is 1. The molecule has 2 amide bonds. The lowest BCUT2D eigenvalue weighted by atomic mass is 9.95. The van der Waals surface area contributed by atoms with Gasteiger partial charge in [0.2, 0.25) is 0 Å². The van der Waals surface area contributed by atoms with E-state index in [9.17, 15) is 4.79 Å². The maximum Gasteiger partial charge on any atom is 0.312 e. The summed E-state index contributed by atoms with van der Waals surface area (Å²) in [6.45, 7) is 2.53. The van der Waals surface area contributed by atoms with Gasteiger partial charge in [0.15, 0.2) is 0 Å². The lowest BCUT2D eigenvalue weighted by Crippen LogP contribution is -2.38. The average Bonchev–Trinajstić information content (AvgIpc) is 2.65. The van der Waals surface area contributed by atoms with E-state index in [1.165, 1.54) is 0 Å². The van der Waals surface area contributed by atoms with E-state index in [-0.39, 0.29) is 24.4 Å². The van der Waals surface area contributed by atoms with Crippen LogP contribution in [0.5, 0.6) is 0 Å². The summed E-state index contributed by atoms with van der Waals surface area (Å²) in [4.78, 5) is 10.9. The molecular formula is C13H18Cl3N3O2. The number of primary amides is 1. The second-order valence-electron chi connectivity index (χ2n) is 4.67. The molecule has 1 heterocycles. The van der Waals surface area contributed by atoms with Crippen LogP contribution in [0.15, 0.2) is 18.2 Å². The number of carbonyl (C=O) groups is 1. The maximum atomic E-state index is 10.9. The van der Waals surface area contributed by atoms with Crippen molar-refractivity contribution in [2.45, 2.75) is 6.10 Å². The molecule has 118 valence electrons. The van der Waals surface area contributed by atoms with Crippen molar-refractivity contribution < 1.29 is 9.53 Å². The molecule has 0 radical (unpaired) electrons. The first-order chi connectivity index (χ1) is 9.58. The van der Waals surface area contributed by atoms with Crippen molar-refractivity contribution in [1.82, 2.24) is 10.6 Å². The highest BCUT2D eigenvalue weighted by Gasteiger charge is 2.26. The summed E-state index contributed by atoms with van der Waals surface area (Å²) < 4.78 is 5.87. The van der Waals surface area contributed by atoms with Crippen molar-refractivity contribution >= 4 is 41.6 Å². The molecule has 1 saturated heterocycles. The fraction of sp³-hybridized carbons (Fsp3) is 0.462. The molecule has 0 aromatic heterocycles. The molecule has 8 heteroatoms. The van der Waals surface area contributed by atoms with E-state index in [2.05, 4.69) is 10.6 Å². The Balaban J connectivity index is 0.00000220. The summed E-state index contributed by atoms with van der Waals surface area (Å²) in [6.07, 6.45) is -0.161. The first-order valence-corrected chi connectivity index (χ1v) is 7.14. The van der Waals surface area contributed by atoms with Gasteiger partial charge < -0.3 is 21.1 Å². The second-order valence-corrected chi connectivity index (χ2v) is 5.49. The van der Waals surface area contributed by atoms with Crippen molar-refractivity contribution in [3.05, 3.63) is 33.8 Å². The molecule has 1 aliphatic heterocycles. The number of hydrogen-bond donors (Lipinski definition) is 3. The van der Waals surface area contributed by atoms with E-state index in [1.807, 2.05) is 6.07 Å². The van der Waals surface area contributed by atoms with E-state index in [0.29, 0.717) is 23.2 Å². The molecule has 4 N–H and O–H groups in total. The number of hydrogen-bond acceptors (Lipinski definition) is 3. The van der Waals surface area contributed by atoms with Crippen molar-refractivity contribution in [2.75, 3.05) is 26.2 Å². The average molecular weight is 355 g/mol. The van der Waals surface area contributed by atoms with Crippen LogP contribution in [0, 0.1) is 5.92 Å². The van der Waals surface area contributed by atoms with Crippen LogP contribution >= 0.6 is 35.6 Å². The summed E-state index contributed by atoms with van der Waals surface area (Å²) >= 11 is 12.0. The van der Waals surface area contributed by atoms with Crippen LogP contribution in [0.25, 0.3) is 0 Å². The highest BCUT2D eigenvalue weighted by Crippen LogP contribution is 2.31. The first-order valence-electron chi connectivity index (χ1n) is 6.38. The van der Waals surface area contributed by atoms with Gasteiger partial charge in [0.1, 0.15) is 0 Å². The van der Waals surface area contributed by atoms with Crippen LogP contribution in [-0.4, -0.2) is 32.3 Å². The lowest BCUT2D eigenvalue weighted by molar-refractivity contribution is 0.0316. The number of ether oxygens (including phenoxy) is 1. The largest absolute Gasteiger partial charge is 0.372 e. The highest BCUT2D eigenvalue weighted by molar-refractivity contribution is 6.42. The van der Waals surface area contributed by atoms with Crippen LogP contribution in [0.1, 0.15) is 11.7 Å². The minimum atomic E-state index is -0.540. The number of urea groups is 1. The van der Waals surface area contributed by atoms with Crippen molar-refractivity contribution in [3.8, 4) is 0 Å². The molecular weight excluding hydrogens is 337 g/mol. The van der Waals surface area contributed by atoms with Gasteiger partial charge in [-0.3, -0.25) is 0 Å². The van der Waals surface area contributed by atoms with Crippen LogP contribution < -0.4 is 16.4 Å².